The molecule has 0 unspecified atom stereocenters. The minimum atomic E-state index is 0.129. The third-order valence-corrected chi connectivity index (χ3v) is 5.24. The van der Waals surface area contributed by atoms with Gasteiger partial charge in [0.05, 0.1) is 22.7 Å². The van der Waals surface area contributed by atoms with Crippen molar-refractivity contribution in [2.45, 2.75) is 32.9 Å². The largest absolute Gasteiger partial charge is 0.337 e. The van der Waals surface area contributed by atoms with Gasteiger partial charge in [-0.2, -0.15) is 10.1 Å². The minimum Gasteiger partial charge on any atom is -0.337 e. The molecular formula is C16H19N5OS. The summed E-state index contributed by atoms with van der Waals surface area (Å²) in [5.41, 5.74) is 2.30. The fourth-order valence-corrected chi connectivity index (χ4v) is 3.69. The fraction of sp³-hybridized carbons (Fsp3) is 0.438. The Hall–Kier alpha value is -1.99. The summed E-state index contributed by atoms with van der Waals surface area (Å²) < 4.78 is 7.59. The molecule has 0 N–H and O–H groups in total. The van der Waals surface area contributed by atoms with Crippen LogP contribution in [0.3, 0.4) is 0 Å². The molecule has 0 spiro atoms. The zero-order chi connectivity index (χ0) is 16.0. The van der Waals surface area contributed by atoms with Gasteiger partial charge in [0.25, 0.3) is 0 Å². The molecule has 1 aliphatic heterocycles. The van der Waals surface area contributed by atoms with E-state index in [9.17, 15) is 0 Å². The maximum absolute atomic E-state index is 5.46. The molecule has 0 amide bonds. The molecule has 0 aromatic carbocycles. The standard InChI is InChI=1S/C16H19N5OS/c1-10-7-11(2)21(18-10)13-8-20(9-13)12(3)16-17-15(19-22-16)14-5-4-6-23-14/h4-7,12-13H,8-9H2,1-3H3/t12-/m0/s1. The van der Waals surface area contributed by atoms with Crippen molar-refractivity contribution in [1.29, 1.82) is 0 Å². The highest BCUT2D eigenvalue weighted by Gasteiger charge is 2.35. The number of hydrogen-bond acceptors (Lipinski definition) is 6. The molecule has 3 aromatic rings. The molecule has 23 heavy (non-hydrogen) atoms. The molecule has 1 saturated heterocycles. The van der Waals surface area contributed by atoms with E-state index in [0.29, 0.717) is 17.8 Å². The zero-order valence-electron chi connectivity index (χ0n) is 13.4. The van der Waals surface area contributed by atoms with Crippen molar-refractivity contribution < 1.29 is 4.52 Å². The molecule has 6 nitrogen and oxygen atoms in total. The first-order valence-corrected chi connectivity index (χ1v) is 8.64. The van der Waals surface area contributed by atoms with Gasteiger partial charge in [-0.25, -0.2) is 0 Å². The van der Waals surface area contributed by atoms with Crippen LogP contribution in [-0.4, -0.2) is 37.9 Å². The Bertz CT molecular complexity index is 800. The molecule has 0 aliphatic carbocycles. The third kappa shape index (κ3) is 2.60. The second-order valence-corrected chi connectivity index (χ2v) is 7.04. The van der Waals surface area contributed by atoms with Gasteiger partial charge in [-0.05, 0) is 38.3 Å². The first kappa shape index (κ1) is 14.6. The van der Waals surface area contributed by atoms with Gasteiger partial charge in [0, 0.05) is 18.8 Å². The lowest BCUT2D eigenvalue weighted by Gasteiger charge is -2.42. The Balaban J connectivity index is 1.43. The first-order valence-electron chi connectivity index (χ1n) is 7.76. The van der Waals surface area contributed by atoms with Crippen LogP contribution in [0.1, 0.15) is 36.3 Å². The average Bonchev–Trinajstić information content (AvgIpc) is 3.18. The molecule has 3 aromatic heterocycles. The number of rotatable bonds is 4. The lowest BCUT2D eigenvalue weighted by atomic mass is 10.1. The van der Waals surface area contributed by atoms with Crippen LogP contribution in [0.5, 0.6) is 0 Å². The molecule has 1 atom stereocenters. The van der Waals surface area contributed by atoms with Crippen molar-refractivity contribution in [2.75, 3.05) is 13.1 Å². The zero-order valence-corrected chi connectivity index (χ0v) is 14.2. The molecule has 1 fully saturated rings. The van der Waals surface area contributed by atoms with Gasteiger partial charge in [0.15, 0.2) is 0 Å². The predicted molar refractivity (Wildman–Crippen MR) is 88.3 cm³/mol. The molecule has 4 rings (SSSR count). The molecule has 120 valence electrons. The maximum atomic E-state index is 5.46. The summed E-state index contributed by atoms with van der Waals surface area (Å²) in [6.07, 6.45) is 0. The van der Waals surface area contributed by atoms with Crippen LogP contribution in [0, 0.1) is 13.8 Å². The van der Waals surface area contributed by atoms with Gasteiger partial charge < -0.3 is 4.52 Å². The number of likely N-dealkylation sites (tertiary alicyclic amines) is 1. The normalized spacial score (nSPS) is 17.3. The summed E-state index contributed by atoms with van der Waals surface area (Å²) in [5.74, 6) is 1.36. The number of aryl methyl sites for hydroxylation is 2. The molecule has 7 heteroatoms. The highest BCUT2D eigenvalue weighted by atomic mass is 32.1. The van der Waals surface area contributed by atoms with E-state index in [-0.39, 0.29) is 6.04 Å². The van der Waals surface area contributed by atoms with Gasteiger partial charge >= 0.3 is 0 Å². The first-order chi connectivity index (χ1) is 11.1. The van der Waals surface area contributed by atoms with Crippen molar-refractivity contribution in [3.05, 3.63) is 40.9 Å². The second kappa shape index (κ2) is 5.58. The van der Waals surface area contributed by atoms with Crippen molar-refractivity contribution in [2.24, 2.45) is 0 Å². The van der Waals surface area contributed by atoms with Crippen LogP contribution < -0.4 is 0 Å². The van der Waals surface area contributed by atoms with E-state index in [4.69, 9.17) is 4.52 Å². The molecule has 0 bridgehead atoms. The van der Waals surface area contributed by atoms with E-state index < -0.39 is 0 Å². The van der Waals surface area contributed by atoms with Gasteiger partial charge in [0.2, 0.25) is 11.7 Å². The van der Waals surface area contributed by atoms with E-state index in [1.165, 1.54) is 5.69 Å². The SMILES string of the molecule is Cc1cc(C)n(C2CN([C@@H](C)c3nc(-c4cccs4)no3)C2)n1. The minimum absolute atomic E-state index is 0.129. The van der Waals surface area contributed by atoms with Crippen molar-refractivity contribution >= 4 is 11.3 Å². The van der Waals surface area contributed by atoms with Crippen LogP contribution in [0.4, 0.5) is 0 Å². The third-order valence-electron chi connectivity index (χ3n) is 4.37. The topological polar surface area (TPSA) is 60.0 Å². The number of nitrogens with zero attached hydrogens (tertiary/aromatic N) is 5. The quantitative estimate of drug-likeness (QED) is 0.735. The molecule has 4 heterocycles. The summed E-state index contributed by atoms with van der Waals surface area (Å²) in [4.78, 5) is 7.92. The summed E-state index contributed by atoms with van der Waals surface area (Å²) in [6, 6.07) is 6.69. The maximum Gasteiger partial charge on any atom is 0.244 e. The summed E-state index contributed by atoms with van der Waals surface area (Å²) in [7, 11) is 0. The van der Waals surface area contributed by atoms with E-state index in [1.54, 1.807) is 11.3 Å². The van der Waals surface area contributed by atoms with Crippen LogP contribution in [0.15, 0.2) is 28.1 Å². The molecule has 0 radical (unpaired) electrons. The molecule has 1 aliphatic rings. The molecule has 0 saturated carbocycles. The van der Waals surface area contributed by atoms with Crippen molar-refractivity contribution in [1.82, 2.24) is 24.8 Å². The van der Waals surface area contributed by atoms with Crippen LogP contribution in [0.25, 0.3) is 10.7 Å². The van der Waals surface area contributed by atoms with Gasteiger partial charge in [0.1, 0.15) is 0 Å². The summed E-state index contributed by atoms with van der Waals surface area (Å²) in [5, 5.41) is 10.7. The average molecular weight is 329 g/mol. The number of thiophene rings is 1. The van der Waals surface area contributed by atoms with Gasteiger partial charge in [-0.3, -0.25) is 9.58 Å². The van der Waals surface area contributed by atoms with E-state index in [2.05, 4.69) is 44.7 Å². The Morgan fingerprint density at radius 2 is 2.17 bits per heavy atom. The van der Waals surface area contributed by atoms with Gasteiger partial charge in [-0.1, -0.05) is 11.2 Å². The van der Waals surface area contributed by atoms with Crippen molar-refractivity contribution in [3.8, 4) is 10.7 Å². The Labute approximate surface area is 138 Å². The summed E-state index contributed by atoms with van der Waals surface area (Å²) in [6.45, 7) is 8.17. The van der Waals surface area contributed by atoms with E-state index in [0.717, 1.165) is 23.7 Å². The number of aromatic nitrogens is 4. The highest BCUT2D eigenvalue weighted by Crippen LogP contribution is 2.32. The fourth-order valence-electron chi connectivity index (χ4n) is 3.04. The van der Waals surface area contributed by atoms with E-state index >= 15 is 0 Å². The van der Waals surface area contributed by atoms with Gasteiger partial charge in [-0.15, -0.1) is 11.3 Å². The van der Waals surface area contributed by atoms with Crippen LogP contribution >= 0.6 is 11.3 Å². The second-order valence-electron chi connectivity index (χ2n) is 6.09. The van der Waals surface area contributed by atoms with Crippen LogP contribution in [-0.2, 0) is 0 Å². The Morgan fingerprint density at radius 1 is 1.35 bits per heavy atom. The summed E-state index contributed by atoms with van der Waals surface area (Å²) >= 11 is 1.62. The van der Waals surface area contributed by atoms with E-state index in [1.807, 2.05) is 24.4 Å². The van der Waals surface area contributed by atoms with Crippen LogP contribution in [0.2, 0.25) is 0 Å². The smallest absolute Gasteiger partial charge is 0.244 e. The lowest BCUT2D eigenvalue weighted by molar-refractivity contribution is 0.0445. The Kier molecular flexibility index (Phi) is 3.54. The van der Waals surface area contributed by atoms with Crippen molar-refractivity contribution in [3.63, 3.8) is 0 Å². The predicted octanol–water partition coefficient (Wildman–Crippen LogP) is 3.23. The lowest BCUT2D eigenvalue weighted by Crippen LogP contribution is -2.49. The Morgan fingerprint density at radius 3 is 2.83 bits per heavy atom. The highest BCUT2D eigenvalue weighted by molar-refractivity contribution is 7.13. The monoisotopic (exact) mass is 329 g/mol. The number of hydrogen-bond donors (Lipinski definition) is 0. The molecular weight excluding hydrogens is 310 g/mol.